The van der Waals surface area contributed by atoms with Crippen LogP contribution in [-0.4, -0.2) is 43.6 Å². The number of ether oxygens (including phenoxy) is 2. The number of carbonyl (C=O) groups is 1. The molecule has 0 bridgehead atoms. The molecule has 1 amide bonds. The second-order valence-electron chi connectivity index (χ2n) is 8.56. The lowest BCUT2D eigenvalue weighted by atomic mass is 10.1. The normalized spacial score (nSPS) is 14.1. The molecular weight excluding hydrogens is 469 g/mol. The molecule has 0 aliphatic carbocycles. The van der Waals surface area contributed by atoms with Gasteiger partial charge in [0.25, 0.3) is 5.91 Å². The van der Waals surface area contributed by atoms with E-state index in [-0.39, 0.29) is 5.91 Å². The molecule has 0 spiro atoms. The van der Waals surface area contributed by atoms with Crippen molar-refractivity contribution in [3.63, 3.8) is 0 Å². The maximum Gasteiger partial charge on any atom is 0.416 e. The van der Waals surface area contributed by atoms with Crippen LogP contribution in [0.5, 0.6) is 5.75 Å². The molecule has 0 atom stereocenters. The van der Waals surface area contributed by atoms with Gasteiger partial charge in [-0.3, -0.25) is 4.79 Å². The Morgan fingerprint density at radius 3 is 2.33 bits per heavy atom. The van der Waals surface area contributed by atoms with Crippen LogP contribution in [0, 0.1) is 0 Å². The van der Waals surface area contributed by atoms with E-state index in [0.29, 0.717) is 63.0 Å². The van der Waals surface area contributed by atoms with E-state index in [2.05, 4.69) is 0 Å². The number of hydrogen-bond acceptors (Lipinski definition) is 4. The smallest absolute Gasteiger partial charge is 0.416 e. The predicted octanol–water partition coefficient (Wildman–Crippen LogP) is 5.78. The fourth-order valence-corrected chi connectivity index (χ4v) is 4.20. The van der Waals surface area contributed by atoms with Gasteiger partial charge in [0.05, 0.1) is 25.4 Å². The fraction of sp³-hybridized carbons (Fsp3) is 0.321. The Morgan fingerprint density at radius 2 is 1.64 bits per heavy atom. The van der Waals surface area contributed by atoms with Crippen LogP contribution in [0.1, 0.15) is 34.0 Å². The molecule has 0 N–H and O–H groups in total. The molecule has 5 nitrogen and oxygen atoms in total. The van der Waals surface area contributed by atoms with Crippen molar-refractivity contribution < 1.29 is 27.4 Å². The number of anilines is 1. The molecule has 0 aromatic heterocycles. The zero-order valence-electron chi connectivity index (χ0n) is 20.1. The lowest BCUT2D eigenvalue weighted by molar-refractivity contribution is -0.137. The minimum Gasteiger partial charge on any atom is -0.494 e. The van der Waals surface area contributed by atoms with Crippen molar-refractivity contribution in [3.05, 3.63) is 95.1 Å². The van der Waals surface area contributed by atoms with Crippen molar-refractivity contribution in [1.82, 2.24) is 4.90 Å². The number of piperazine rings is 1. The van der Waals surface area contributed by atoms with E-state index in [1.165, 1.54) is 6.07 Å². The van der Waals surface area contributed by atoms with E-state index >= 15 is 0 Å². The summed E-state index contributed by atoms with van der Waals surface area (Å²) in [7, 11) is 0. The zero-order valence-corrected chi connectivity index (χ0v) is 20.1. The number of benzene rings is 3. The maximum absolute atomic E-state index is 13.2. The molecule has 3 aromatic rings. The Hall–Kier alpha value is -3.52. The summed E-state index contributed by atoms with van der Waals surface area (Å²) < 4.78 is 50.8. The van der Waals surface area contributed by atoms with Crippen molar-refractivity contribution in [2.45, 2.75) is 26.3 Å². The molecule has 1 saturated heterocycles. The van der Waals surface area contributed by atoms with Crippen LogP contribution in [0.3, 0.4) is 0 Å². The molecule has 3 aromatic carbocycles. The molecule has 0 unspecified atom stereocenters. The van der Waals surface area contributed by atoms with Gasteiger partial charge in [0.15, 0.2) is 0 Å². The van der Waals surface area contributed by atoms with Crippen LogP contribution in [0.15, 0.2) is 72.8 Å². The van der Waals surface area contributed by atoms with Gasteiger partial charge in [-0.05, 0) is 48.9 Å². The van der Waals surface area contributed by atoms with Gasteiger partial charge in [-0.25, -0.2) is 0 Å². The van der Waals surface area contributed by atoms with Crippen LogP contribution in [-0.2, 0) is 24.1 Å². The number of carbonyl (C=O) groups excluding carboxylic acids is 1. The number of rotatable bonds is 8. The van der Waals surface area contributed by atoms with E-state index in [9.17, 15) is 18.0 Å². The molecule has 36 heavy (non-hydrogen) atoms. The maximum atomic E-state index is 13.2. The summed E-state index contributed by atoms with van der Waals surface area (Å²) in [5.41, 5.74) is 2.22. The van der Waals surface area contributed by atoms with Crippen LogP contribution < -0.4 is 9.64 Å². The first-order chi connectivity index (χ1) is 17.3. The third kappa shape index (κ3) is 6.37. The Balaban J connectivity index is 1.40. The summed E-state index contributed by atoms with van der Waals surface area (Å²) in [6, 6.07) is 20.5. The molecule has 1 aliphatic heterocycles. The topological polar surface area (TPSA) is 42.0 Å². The van der Waals surface area contributed by atoms with E-state index in [0.717, 1.165) is 23.3 Å². The SMILES string of the molecule is CCOc1ccc(C(=O)N2CCN(c3cccc(C(F)(F)F)c3)CC2)cc1COCc1ccccc1. The molecule has 8 heteroatoms. The summed E-state index contributed by atoms with van der Waals surface area (Å²) in [6.07, 6.45) is -4.38. The second kappa shape index (κ2) is 11.5. The lowest BCUT2D eigenvalue weighted by Crippen LogP contribution is -2.48. The average Bonchev–Trinajstić information content (AvgIpc) is 2.89. The second-order valence-corrected chi connectivity index (χ2v) is 8.56. The standard InChI is InChI=1S/C28H29F3N2O3/c1-2-36-26-12-11-22(17-23(26)20-35-19-21-7-4-3-5-8-21)27(34)33-15-13-32(14-16-33)25-10-6-9-24(18-25)28(29,30)31/h3-12,17-18H,2,13-16,19-20H2,1H3. The highest BCUT2D eigenvalue weighted by atomic mass is 19.4. The molecule has 1 fully saturated rings. The van der Waals surface area contributed by atoms with Gasteiger partial charge in [-0.1, -0.05) is 36.4 Å². The first kappa shape index (κ1) is 25.6. The van der Waals surface area contributed by atoms with Crippen molar-refractivity contribution in [3.8, 4) is 5.75 Å². The van der Waals surface area contributed by atoms with Gasteiger partial charge in [0.1, 0.15) is 5.75 Å². The lowest BCUT2D eigenvalue weighted by Gasteiger charge is -2.36. The van der Waals surface area contributed by atoms with Crippen molar-refractivity contribution >= 4 is 11.6 Å². The van der Waals surface area contributed by atoms with Gasteiger partial charge >= 0.3 is 6.18 Å². The summed E-state index contributed by atoms with van der Waals surface area (Å²) in [5, 5.41) is 0. The van der Waals surface area contributed by atoms with Gasteiger partial charge in [-0.15, -0.1) is 0 Å². The van der Waals surface area contributed by atoms with Crippen LogP contribution >= 0.6 is 0 Å². The van der Waals surface area contributed by atoms with Gasteiger partial charge in [-0.2, -0.15) is 13.2 Å². The Bertz CT molecular complexity index is 1160. The minimum absolute atomic E-state index is 0.119. The highest BCUT2D eigenvalue weighted by Crippen LogP contribution is 2.32. The Labute approximate surface area is 209 Å². The first-order valence-corrected chi connectivity index (χ1v) is 11.9. The third-order valence-corrected chi connectivity index (χ3v) is 6.08. The zero-order chi connectivity index (χ0) is 25.5. The molecule has 0 radical (unpaired) electrons. The Morgan fingerprint density at radius 1 is 0.889 bits per heavy atom. The predicted molar refractivity (Wildman–Crippen MR) is 132 cm³/mol. The van der Waals surface area contributed by atoms with Gasteiger partial charge < -0.3 is 19.3 Å². The summed E-state index contributed by atoms with van der Waals surface area (Å²) in [6.45, 7) is 4.89. The number of hydrogen-bond donors (Lipinski definition) is 0. The minimum atomic E-state index is -4.38. The van der Waals surface area contributed by atoms with Crippen molar-refractivity contribution in [2.75, 3.05) is 37.7 Å². The van der Waals surface area contributed by atoms with E-state index in [4.69, 9.17) is 9.47 Å². The highest BCUT2D eigenvalue weighted by Gasteiger charge is 2.31. The van der Waals surface area contributed by atoms with E-state index < -0.39 is 11.7 Å². The van der Waals surface area contributed by atoms with Crippen molar-refractivity contribution in [1.29, 1.82) is 0 Å². The molecular formula is C28H29F3N2O3. The van der Waals surface area contributed by atoms with Crippen LogP contribution in [0.4, 0.5) is 18.9 Å². The summed E-state index contributed by atoms with van der Waals surface area (Å²) in [5.74, 6) is 0.558. The summed E-state index contributed by atoms with van der Waals surface area (Å²) >= 11 is 0. The summed E-state index contributed by atoms with van der Waals surface area (Å²) in [4.78, 5) is 16.8. The van der Waals surface area contributed by atoms with E-state index in [1.807, 2.05) is 42.2 Å². The van der Waals surface area contributed by atoms with Gasteiger partial charge in [0.2, 0.25) is 0 Å². The van der Waals surface area contributed by atoms with Crippen LogP contribution in [0.2, 0.25) is 0 Å². The number of halogens is 3. The largest absolute Gasteiger partial charge is 0.494 e. The number of nitrogens with zero attached hydrogens (tertiary/aromatic N) is 2. The molecule has 4 rings (SSSR count). The van der Waals surface area contributed by atoms with Gasteiger partial charge in [0, 0.05) is 43.0 Å². The number of alkyl halides is 3. The highest BCUT2D eigenvalue weighted by molar-refractivity contribution is 5.94. The molecule has 190 valence electrons. The third-order valence-electron chi connectivity index (χ3n) is 6.08. The average molecular weight is 499 g/mol. The first-order valence-electron chi connectivity index (χ1n) is 11.9. The Kier molecular flexibility index (Phi) is 8.15. The van der Waals surface area contributed by atoms with Crippen LogP contribution in [0.25, 0.3) is 0 Å². The monoisotopic (exact) mass is 498 g/mol. The number of amides is 1. The van der Waals surface area contributed by atoms with E-state index in [1.54, 1.807) is 29.2 Å². The quantitative estimate of drug-likeness (QED) is 0.395. The molecule has 1 heterocycles. The molecule has 0 saturated carbocycles. The van der Waals surface area contributed by atoms with Crippen molar-refractivity contribution in [2.24, 2.45) is 0 Å². The fourth-order valence-electron chi connectivity index (χ4n) is 4.20. The molecule has 1 aliphatic rings.